The summed E-state index contributed by atoms with van der Waals surface area (Å²) in [5.41, 5.74) is 0. The molecule has 3 atom stereocenters. The first-order chi connectivity index (χ1) is 7.54. The number of carbonyl (C=O) groups excluding carboxylic acids is 2. The van der Waals surface area contributed by atoms with E-state index in [0.717, 1.165) is 12.8 Å². The summed E-state index contributed by atoms with van der Waals surface area (Å²) in [5.74, 6) is 0.0555. The fourth-order valence-electron chi connectivity index (χ4n) is 2.79. The maximum atomic E-state index is 12.0. The SMILES string of the molecule is CC1CC2C(=O)N(CC(O)CBr)C(=O)C2C1. The van der Waals surface area contributed by atoms with Crippen LogP contribution in [0, 0.1) is 17.8 Å². The Morgan fingerprint density at radius 1 is 1.38 bits per heavy atom. The minimum atomic E-state index is -0.663. The molecule has 1 aliphatic carbocycles. The number of likely N-dealkylation sites (tertiary alicyclic amines) is 1. The van der Waals surface area contributed by atoms with Crippen molar-refractivity contribution in [2.75, 3.05) is 11.9 Å². The van der Waals surface area contributed by atoms with Crippen molar-refractivity contribution in [3.8, 4) is 0 Å². The number of carbonyl (C=O) groups is 2. The van der Waals surface area contributed by atoms with Gasteiger partial charge < -0.3 is 5.11 Å². The average Bonchev–Trinajstić information content (AvgIpc) is 2.73. The smallest absolute Gasteiger partial charge is 0.233 e. The molecule has 1 saturated carbocycles. The molecule has 5 heteroatoms. The van der Waals surface area contributed by atoms with E-state index in [0.29, 0.717) is 11.2 Å². The number of aliphatic hydroxyl groups is 1. The number of nitrogens with zero attached hydrogens (tertiary/aromatic N) is 1. The first kappa shape index (κ1) is 12.0. The number of hydrogen-bond acceptors (Lipinski definition) is 3. The molecular formula is C11H16BrNO3. The third kappa shape index (κ3) is 1.91. The minimum Gasteiger partial charge on any atom is -0.390 e. The van der Waals surface area contributed by atoms with Crippen LogP contribution in [0.15, 0.2) is 0 Å². The van der Waals surface area contributed by atoms with E-state index in [1.54, 1.807) is 0 Å². The van der Waals surface area contributed by atoms with E-state index < -0.39 is 6.10 Å². The Morgan fingerprint density at radius 3 is 2.31 bits per heavy atom. The van der Waals surface area contributed by atoms with Gasteiger partial charge in [-0.1, -0.05) is 22.9 Å². The zero-order valence-corrected chi connectivity index (χ0v) is 10.8. The molecule has 1 aliphatic heterocycles. The molecule has 1 saturated heterocycles. The second-order valence-electron chi connectivity index (χ2n) is 4.88. The molecule has 0 aromatic carbocycles. The molecule has 90 valence electrons. The quantitative estimate of drug-likeness (QED) is 0.617. The Morgan fingerprint density at radius 2 is 1.88 bits per heavy atom. The van der Waals surface area contributed by atoms with Gasteiger partial charge in [-0.15, -0.1) is 0 Å². The van der Waals surface area contributed by atoms with Crippen molar-refractivity contribution in [3.63, 3.8) is 0 Å². The van der Waals surface area contributed by atoms with Crippen molar-refractivity contribution >= 4 is 27.7 Å². The van der Waals surface area contributed by atoms with Crippen LogP contribution in [-0.4, -0.2) is 39.8 Å². The lowest BCUT2D eigenvalue weighted by Gasteiger charge is -2.19. The topological polar surface area (TPSA) is 57.6 Å². The Labute approximate surface area is 103 Å². The fraction of sp³-hybridized carbons (Fsp3) is 0.818. The Bertz CT molecular complexity index is 296. The van der Waals surface area contributed by atoms with Crippen molar-refractivity contribution in [2.45, 2.75) is 25.9 Å². The average molecular weight is 290 g/mol. The van der Waals surface area contributed by atoms with Gasteiger partial charge in [0.25, 0.3) is 0 Å². The van der Waals surface area contributed by atoms with Crippen LogP contribution in [-0.2, 0) is 9.59 Å². The summed E-state index contributed by atoms with van der Waals surface area (Å²) in [6, 6.07) is 0. The molecule has 2 fully saturated rings. The number of alkyl halides is 1. The van der Waals surface area contributed by atoms with Crippen LogP contribution in [0.2, 0.25) is 0 Å². The Hall–Kier alpha value is -0.420. The van der Waals surface area contributed by atoms with Crippen LogP contribution in [0.25, 0.3) is 0 Å². The van der Waals surface area contributed by atoms with Crippen LogP contribution in [0.5, 0.6) is 0 Å². The molecular weight excluding hydrogens is 274 g/mol. The summed E-state index contributed by atoms with van der Waals surface area (Å²) in [7, 11) is 0. The van der Waals surface area contributed by atoms with Crippen LogP contribution in [0.1, 0.15) is 19.8 Å². The van der Waals surface area contributed by atoms with Crippen LogP contribution in [0.4, 0.5) is 0 Å². The molecule has 0 aromatic rings. The van der Waals surface area contributed by atoms with Crippen LogP contribution >= 0.6 is 15.9 Å². The van der Waals surface area contributed by atoms with Gasteiger partial charge in [0.15, 0.2) is 0 Å². The fourth-order valence-corrected chi connectivity index (χ4v) is 2.99. The molecule has 1 N–H and O–H groups in total. The van der Waals surface area contributed by atoms with E-state index in [9.17, 15) is 14.7 Å². The summed E-state index contributed by atoms with van der Waals surface area (Å²) in [5, 5.41) is 9.86. The first-order valence-electron chi connectivity index (χ1n) is 5.63. The molecule has 0 radical (unpaired) electrons. The highest BCUT2D eigenvalue weighted by atomic mass is 79.9. The van der Waals surface area contributed by atoms with E-state index in [1.807, 2.05) is 0 Å². The number of fused-ring (bicyclic) bond motifs is 1. The molecule has 2 aliphatic rings. The van der Waals surface area contributed by atoms with Gasteiger partial charge in [-0.05, 0) is 18.8 Å². The second kappa shape index (κ2) is 4.45. The van der Waals surface area contributed by atoms with E-state index in [1.165, 1.54) is 4.90 Å². The van der Waals surface area contributed by atoms with Crippen molar-refractivity contribution < 1.29 is 14.7 Å². The van der Waals surface area contributed by atoms with Gasteiger partial charge >= 0.3 is 0 Å². The monoisotopic (exact) mass is 289 g/mol. The number of β-amino-alcohol motifs (C(OH)–C–C–N with tert-alkyl or cyclic N) is 1. The highest BCUT2D eigenvalue weighted by molar-refractivity contribution is 9.09. The zero-order valence-electron chi connectivity index (χ0n) is 9.23. The summed E-state index contributed by atoms with van der Waals surface area (Å²) in [6.45, 7) is 2.21. The van der Waals surface area contributed by atoms with E-state index in [2.05, 4.69) is 22.9 Å². The predicted molar refractivity (Wildman–Crippen MR) is 61.9 cm³/mol. The number of halogens is 1. The standard InChI is InChI=1S/C11H16BrNO3/c1-6-2-8-9(3-6)11(16)13(10(8)15)5-7(14)4-12/h6-9,14H,2-5H2,1H3. The number of rotatable bonds is 3. The summed E-state index contributed by atoms with van der Waals surface area (Å²) < 4.78 is 0. The van der Waals surface area contributed by atoms with Crippen molar-refractivity contribution in [1.82, 2.24) is 4.90 Å². The van der Waals surface area contributed by atoms with E-state index in [4.69, 9.17) is 0 Å². The van der Waals surface area contributed by atoms with Gasteiger partial charge in [-0.2, -0.15) is 0 Å². The largest absolute Gasteiger partial charge is 0.390 e. The number of imide groups is 1. The normalized spacial score (nSPS) is 35.7. The van der Waals surface area contributed by atoms with Crippen molar-refractivity contribution in [1.29, 1.82) is 0 Å². The predicted octanol–water partition coefficient (Wildman–Crippen LogP) is 0.773. The lowest BCUT2D eigenvalue weighted by Crippen LogP contribution is -2.39. The Kier molecular flexibility index (Phi) is 3.35. The molecule has 0 bridgehead atoms. The molecule has 3 unspecified atom stereocenters. The lowest BCUT2D eigenvalue weighted by atomic mass is 10.00. The highest BCUT2D eigenvalue weighted by Crippen LogP contribution is 2.42. The van der Waals surface area contributed by atoms with Crippen molar-refractivity contribution in [2.24, 2.45) is 17.8 Å². The van der Waals surface area contributed by atoms with Gasteiger partial charge in [0.2, 0.25) is 11.8 Å². The summed E-state index contributed by atoms with van der Waals surface area (Å²) >= 11 is 3.13. The summed E-state index contributed by atoms with van der Waals surface area (Å²) in [6.07, 6.45) is 0.968. The first-order valence-corrected chi connectivity index (χ1v) is 6.76. The Balaban J connectivity index is 2.08. The van der Waals surface area contributed by atoms with Gasteiger partial charge in [0.1, 0.15) is 0 Å². The molecule has 2 rings (SSSR count). The van der Waals surface area contributed by atoms with Crippen LogP contribution < -0.4 is 0 Å². The molecule has 0 aromatic heterocycles. The van der Waals surface area contributed by atoms with Crippen LogP contribution in [0.3, 0.4) is 0 Å². The van der Waals surface area contributed by atoms with E-state index in [-0.39, 0.29) is 30.2 Å². The number of amides is 2. The molecule has 4 nitrogen and oxygen atoms in total. The third-order valence-electron chi connectivity index (χ3n) is 3.54. The highest BCUT2D eigenvalue weighted by Gasteiger charge is 2.51. The molecule has 16 heavy (non-hydrogen) atoms. The summed E-state index contributed by atoms with van der Waals surface area (Å²) in [4.78, 5) is 25.2. The molecule has 2 amide bonds. The van der Waals surface area contributed by atoms with Gasteiger partial charge in [0.05, 0.1) is 24.5 Å². The zero-order chi connectivity index (χ0) is 11.9. The molecule has 0 spiro atoms. The minimum absolute atomic E-state index is 0.0839. The third-order valence-corrected chi connectivity index (χ3v) is 4.28. The van der Waals surface area contributed by atoms with E-state index >= 15 is 0 Å². The van der Waals surface area contributed by atoms with Gasteiger partial charge in [-0.25, -0.2) is 0 Å². The number of aliphatic hydroxyl groups excluding tert-OH is 1. The maximum absolute atomic E-state index is 12.0. The molecule has 1 heterocycles. The van der Waals surface area contributed by atoms with Crippen molar-refractivity contribution in [3.05, 3.63) is 0 Å². The number of hydrogen-bond donors (Lipinski definition) is 1. The van der Waals surface area contributed by atoms with Gasteiger partial charge in [0, 0.05) is 5.33 Å². The maximum Gasteiger partial charge on any atom is 0.233 e. The second-order valence-corrected chi connectivity index (χ2v) is 5.53. The van der Waals surface area contributed by atoms with Gasteiger partial charge in [-0.3, -0.25) is 14.5 Å². The lowest BCUT2D eigenvalue weighted by molar-refractivity contribution is -0.141.